The molecule has 1 saturated heterocycles. The molecule has 0 radical (unpaired) electrons. The standard InChI is InChI=1S/C15H18ClN3O2/c16-13-15(18-7-6-12(21)10-18)19(8-9-20)14(17-13)11-4-2-1-3-5-11/h1-5,12,20-21H,6-10H2. The molecule has 1 fully saturated rings. The number of halogens is 1. The quantitative estimate of drug-likeness (QED) is 0.904. The maximum absolute atomic E-state index is 9.73. The van der Waals surface area contributed by atoms with Crippen molar-refractivity contribution in [2.45, 2.75) is 19.1 Å². The number of aromatic nitrogens is 2. The predicted octanol–water partition coefficient (Wildman–Crippen LogP) is 1.77. The van der Waals surface area contributed by atoms with Gasteiger partial charge in [-0.15, -0.1) is 0 Å². The van der Waals surface area contributed by atoms with Gasteiger partial charge in [0, 0.05) is 25.2 Å². The second-order valence-corrected chi connectivity index (χ2v) is 5.54. The highest BCUT2D eigenvalue weighted by Crippen LogP contribution is 2.33. The molecule has 1 atom stereocenters. The van der Waals surface area contributed by atoms with Gasteiger partial charge in [0.25, 0.3) is 0 Å². The molecule has 0 spiro atoms. The highest BCUT2D eigenvalue weighted by Gasteiger charge is 2.27. The first-order valence-electron chi connectivity index (χ1n) is 7.06. The molecule has 1 aromatic heterocycles. The normalized spacial score (nSPS) is 18.4. The topological polar surface area (TPSA) is 61.5 Å². The number of anilines is 1. The van der Waals surface area contributed by atoms with E-state index in [0.29, 0.717) is 18.2 Å². The molecule has 1 aliphatic rings. The fourth-order valence-electron chi connectivity index (χ4n) is 2.77. The van der Waals surface area contributed by atoms with Crippen molar-refractivity contribution in [3.8, 4) is 11.4 Å². The van der Waals surface area contributed by atoms with E-state index in [1.54, 1.807) is 0 Å². The van der Waals surface area contributed by atoms with Crippen LogP contribution in [0.3, 0.4) is 0 Å². The average molecular weight is 308 g/mol. The van der Waals surface area contributed by atoms with E-state index >= 15 is 0 Å². The summed E-state index contributed by atoms with van der Waals surface area (Å²) in [6.07, 6.45) is 0.389. The summed E-state index contributed by atoms with van der Waals surface area (Å²) in [5.41, 5.74) is 0.957. The summed E-state index contributed by atoms with van der Waals surface area (Å²) in [5, 5.41) is 19.5. The third-order valence-electron chi connectivity index (χ3n) is 3.72. The first-order valence-corrected chi connectivity index (χ1v) is 7.44. The van der Waals surface area contributed by atoms with Gasteiger partial charge < -0.3 is 19.7 Å². The van der Waals surface area contributed by atoms with Gasteiger partial charge in [0.2, 0.25) is 0 Å². The van der Waals surface area contributed by atoms with Crippen LogP contribution in [0.1, 0.15) is 6.42 Å². The van der Waals surface area contributed by atoms with E-state index in [-0.39, 0.29) is 12.7 Å². The molecule has 3 rings (SSSR count). The molecule has 1 aromatic carbocycles. The Hall–Kier alpha value is -1.56. The van der Waals surface area contributed by atoms with Gasteiger partial charge in [-0.25, -0.2) is 4.98 Å². The smallest absolute Gasteiger partial charge is 0.172 e. The minimum atomic E-state index is -0.335. The first kappa shape index (κ1) is 14.4. The summed E-state index contributed by atoms with van der Waals surface area (Å²) < 4.78 is 1.93. The van der Waals surface area contributed by atoms with Crippen molar-refractivity contribution in [3.05, 3.63) is 35.5 Å². The first-order chi connectivity index (χ1) is 10.2. The number of hydrogen-bond acceptors (Lipinski definition) is 4. The molecule has 2 heterocycles. The number of benzene rings is 1. The van der Waals surface area contributed by atoms with Gasteiger partial charge in [0.1, 0.15) is 11.6 Å². The molecule has 21 heavy (non-hydrogen) atoms. The second-order valence-electron chi connectivity index (χ2n) is 5.18. The largest absolute Gasteiger partial charge is 0.395 e. The minimum Gasteiger partial charge on any atom is -0.395 e. The lowest BCUT2D eigenvalue weighted by Gasteiger charge is -2.20. The molecule has 1 unspecified atom stereocenters. The minimum absolute atomic E-state index is 0.00984. The van der Waals surface area contributed by atoms with Crippen LogP contribution in [-0.4, -0.2) is 45.6 Å². The summed E-state index contributed by atoms with van der Waals surface area (Å²) in [7, 11) is 0. The number of hydrogen-bond donors (Lipinski definition) is 2. The molecule has 0 bridgehead atoms. The Bertz CT molecular complexity index is 615. The summed E-state index contributed by atoms with van der Waals surface area (Å²) in [6.45, 7) is 1.72. The number of aliphatic hydroxyl groups is 2. The summed E-state index contributed by atoms with van der Waals surface area (Å²) >= 11 is 6.33. The molecule has 0 saturated carbocycles. The number of aliphatic hydroxyl groups excluding tert-OH is 2. The lowest BCUT2D eigenvalue weighted by molar-refractivity contribution is 0.198. The zero-order chi connectivity index (χ0) is 14.8. The van der Waals surface area contributed by atoms with Crippen LogP contribution in [0.15, 0.2) is 30.3 Å². The number of imidazole rings is 1. The molecule has 1 aliphatic heterocycles. The molecule has 6 heteroatoms. The molecule has 0 aliphatic carbocycles. The predicted molar refractivity (Wildman–Crippen MR) is 82.6 cm³/mol. The van der Waals surface area contributed by atoms with Crippen molar-refractivity contribution in [2.24, 2.45) is 0 Å². The zero-order valence-electron chi connectivity index (χ0n) is 11.6. The lowest BCUT2D eigenvalue weighted by atomic mass is 10.2. The Kier molecular flexibility index (Phi) is 4.14. The molecule has 2 N–H and O–H groups in total. The summed E-state index contributed by atoms with van der Waals surface area (Å²) in [5.74, 6) is 1.52. The third-order valence-corrected chi connectivity index (χ3v) is 3.97. The van der Waals surface area contributed by atoms with Crippen LogP contribution < -0.4 is 4.90 Å². The molecular formula is C15H18ClN3O2. The van der Waals surface area contributed by atoms with Gasteiger partial charge in [-0.2, -0.15) is 0 Å². The van der Waals surface area contributed by atoms with Crippen LogP contribution in [0.5, 0.6) is 0 Å². The Balaban J connectivity index is 2.06. The van der Waals surface area contributed by atoms with Crippen LogP contribution in [0.4, 0.5) is 5.82 Å². The number of nitrogens with zero attached hydrogens (tertiary/aromatic N) is 3. The molecule has 0 amide bonds. The Labute approximate surface area is 128 Å². The Morgan fingerprint density at radius 3 is 2.67 bits per heavy atom. The maximum Gasteiger partial charge on any atom is 0.172 e. The highest BCUT2D eigenvalue weighted by molar-refractivity contribution is 6.32. The van der Waals surface area contributed by atoms with E-state index in [1.807, 2.05) is 39.8 Å². The van der Waals surface area contributed by atoms with Gasteiger partial charge in [-0.1, -0.05) is 41.9 Å². The molecule has 5 nitrogen and oxygen atoms in total. The van der Waals surface area contributed by atoms with Crippen molar-refractivity contribution in [2.75, 3.05) is 24.6 Å². The maximum atomic E-state index is 9.73. The van der Waals surface area contributed by atoms with E-state index in [0.717, 1.165) is 30.2 Å². The number of β-amino-alcohol motifs (C(OH)–C–C–N with tert-alkyl or cyclic N) is 1. The Morgan fingerprint density at radius 2 is 2.05 bits per heavy atom. The fraction of sp³-hybridized carbons (Fsp3) is 0.400. The monoisotopic (exact) mass is 307 g/mol. The van der Waals surface area contributed by atoms with Crippen molar-refractivity contribution in [1.29, 1.82) is 0 Å². The van der Waals surface area contributed by atoms with Crippen LogP contribution in [0.2, 0.25) is 5.15 Å². The van der Waals surface area contributed by atoms with Crippen LogP contribution in [0.25, 0.3) is 11.4 Å². The lowest BCUT2D eigenvalue weighted by Crippen LogP contribution is -2.25. The van der Waals surface area contributed by atoms with Crippen molar-refractivity contribution in [1.82, 2.24) is 9.55 Å². The van der Waals surface area contributed by atoms with Crippen LogP contribution in [0, 0.1) is 0 Å². The van der Waals surface area contributed by atoms with Crippen molar-refractivity contribution in [3.63, 3.8) is 0 Å². The third kappa shape index (κ3) is 2.77. The van der Waals surface area contributed by atoms with E-state index in [4.69, 9.17) is 11.6 Å². The molecule has 112 valence electrons. The summed E-state index contributed by atoms with van der Waals surface area (Å²) in [4.78, 5) is 6.49. The molecule has 2 aromatic rings. The second kappa shape index (κ2) is 6.05. The zero-order valence-corrected chi connectivity index (χ0v) is 12.4. The van der Waals surface area contributed by atoms with Gasteiger partial charge in [-0.3, -0.25) is 0 Å². The van der Waals surface area contributed by atoms with Crippen LogP contribution in [-0.2, 0) is 6.54 Å². The van der Waals surface area contributed by atoms with Gasteiger partial charge in [-0.05, 0) is 6.42 Å². The highest BCUT2D eigenvalue weighted by atomic mass is 35.5. The van der Waals surface area contributed by atoms with E-state index in [9.17, 15) is 10.2 Å². The summed E-state index contributed by atoms with van der Waals surface area (Å²) in [6, 6.07) is 9.77. The van der Waals surface area contributed by atoms with Crippen molar-refractivity contribution < 1.29 is 10.2 Å². The van der Waals surface area contributed by atoms with Crippen molar-refractivity contribution >= 4 is 17.4 Å². The van der Waals surface area contributed by atoms with E-state index in [1.165, 1.54) is 0 Å². The number of rotatable bonds is 4. The van der Waals surface area contributed by atoms with Gasteiger partial charge in [0.15, 0.2) is 5.15 Å². The molecular weight excluding hydrogens is 290 g/mol. The average Bonchev–Trinajstić information content (AvgIpc) is 3.04. The Morgan fingerprint density at radius 1 is 1.29 bits per heavy atom. The van der Waals surface area contributed by atoms with Crippen LogP contribution >= 0.6 is 11.6 Å². The van der Waals surface area contributed by atoms with E-state index in [2.05, 4.69) is 4.98 Å². The van der Waals surface area contributed by atoms with Gasteiger partial charge in [0.05, 0.1) is 12.7 Å². The fourth-order valence-corrected chi connectivity index (χ4v) is 3.07. The SMILES string of the molecule is OCCn1c(-c2ccccc2)nc(Cl)c1N1CCC(O)C1. The van der Waals surface area contributed by atoms with Gasteiger partial charge >= 0.3 is 0 Å². The van der Waals surface area contributed by atoms with E-state index < -0.39 is 0 Å².